The fourth-order valence-electron chi connectivity index (χ4n) is 1.84. The van der Waals surface area contributed by atoms with Crippen LogP contribution in [0.5, 0.6) is 0 Å². The third-order valence-electron chi connectivity index (χ3n) is 2.65. The normalized spacial score (nSPS) is 14.5. The van der Waals surface area contributed by atoms with Gasteiger partial charge in [0.1, 0.15) is 0 Å². The zero-order valence-electron chi connectivity index (χ0n) is 9.08. The summed E-state index contributed by atoms with van der Waals surface area (Å²) in [6.07, 6.45) is 4.42. The first kappa shape index (κ1) is 10.1. The van der Waals surface area contributed by atoms with Gasteiger partial charge in [0.2, 0.25) is 0 Å². The van der Waals surface area contributed by atoms with Gasteiger partial charge in [0.05, 0.1) is 5.56 Å². The molecule has 4 nitrogen and oxygen atoms in total. The first-order valence-electron chi connectivity index (χ1n) is 5.08. The van der Waals surface area contributed by atoms with E-state index in [-0.39, 0.29) is 5.91 Å². The molecule has 4 heteroatoms. The van der Waals surface area contributed by atoms with Crippen LogP contribution < -0.4 is 5.32 Å². The third-order valence-corrected chi connectivity index (χ3v) is 2.65. The Kier molecular flexibility index (Phi) is 2.68. The van der Waals surface area contributed by atoms with Crippen LogP contribution in [0.3, 0.4) is 0 Å². The summed E-state index contributed by atoms with van der Waals surface area (Å²) < 4.78 is 0. The van der Waals surface area contributed by atoms with Crippen LogP contribution in [0.15, 0.2) is 12.4 Å². The second-order valence-corrected chi connectivity index (χ2v) is 3.95. The number of nitrogens with zero attached hydrogens (tertiary/aromatic N) is 2. The van der Waals surface area contributed by atoms with Crippen molar-refractivity contribution in [2.45, 2.75) is 13.0 Å². The Bertz CT molecular complexity index is 387. The average molecular weight is 205 g/mol. The summed E-state index contributed by atoms with van der Waals surface area (Å²) in [5, 5.41) is 3.27. The molecule has 1 N–H and O–H groups in total. The highest BCUT2D eigenvalue weighted by Crippen LogP contribution is 2.18. The molecule has 2 rings (SSSR count). The van der Waals surface area contributed by atoms with Crippen LogP contribution in [0.2, 0.25) is 0 Å². The van der Waals surface area contributed by atoms with E-state index in [2.05, 4.69) is 10.3 Å². The number of aromatic nitrogens is 1. The van der Waals surface area contributed by atoms with Crippen LogP contribution in [0.1, 0.15) is 21.5 Å². The van der Waals surface area contributed by atoms with Gasteiger partial charge in [-0.15, -0.1) is 0 Å². The fraction of sp³-hybridized carbons (Fsp3) is 0.455. The molecule has 0 saturated heterocycles. The summed E-state index contributed by atoms with van der Waals surface area (Å²) in [6.45, 7) is 1.75. The summed E-state index contributed by atoms with van der Waals surface area (Å²) in [6, 6.07) is 0. The van der Waals surface area contributed by atoms with Crippen molar-refractivity contribution >= 4 is 5.91 Å². The lowest BCUT2D eigenvalue weighted by molar-refractivity contribution is 0.0826. The zero-order valence-corrected chi connectivity index (χ0v) is 9.08. The minimum Gasteiger partial charge on any atom is -0.345 e. The highest BCUT2D eigenvalue weighted by molar-refractivity contribution is 5.95. The topological polar surface area (TPSA) is 45.2 Å². The Morgan fingerprint density at radius 2 is 2.27 bits per heavy atom. The number of carbonyl (C=O) groups excluding carboxylic acids is 1. The van der Waals surface area contributed by atoms with Crippen LogP contribution in [-0.4, -0.2) is 36.4 Å². The second-order valence-electron chi connectivity index (χ2n) is 3.95. The van der Waals surface area contributed by atoms with Crippen LogP contribution in [-0.2, 0) is 13.0 Å². The Balaban J connectivity index is 2.43. The van der Waals surface area contributed by atoms with E-state index in [0.29, 0.717) is 0 Å². The number of hydrogen-bond acceptors (Lipinski definition) is 3. The molecular weight excluding hydrogens is 190 g/mol. The Morgan fingerprint density at radius 3 is 3.00 bits per heavy atom. The Hall–Kier alpha value is -1.42. The molecule has 0 unspecified atom stereocenters. The van der Waals surface area contributed by atoms with Crippen LogP contribution >= 0.6 is 0 Å². The molecule has 1 aliphatic rings. The first-order valence-corrected chi connectivity index (χ1v) is 5.08. The Morgan fingerprint density at radius 1 is 1.47 bits per heavy atom. The summed E-state index contributed by atoms with van der Waals surface area (Å²) >= 11 is 0. The van der Waals surface area contributed by atoms with Crippen molar-refractivity contribution in [1.82, 2.24) is 15.2 Å². The molecule has 0 atom stereocenters. The maximum Gasteiger partial charge on any atom is 0.255 e. The lowest BCUT2D eigenvalue weighted by atomic mass is 9.98. The van der Waals surface area contributed by atoms with E-state index in [1.807, 2.05) is 6.20 Å². The average Bonchev–Trinajstić information content (AvgIpc) is 2.27. The van der Waals surface area contributed by atoms with Crippen LogP contribution in [0, 0.1) is 0 Å². The first-order chi connectivity index (χ1) is 7.20. The van der Waals surface area contributed by atoms with E-state index in [4.69, 9.17) is 0 Å². The highest BCUT2D eigenvalue weighted by atomic mass is 16.2. The maximum atomic E-state index is 11.9. The lowest BCUT2D eigenvalue weighted by Gasteiger charge is -2.20. The summed E-state index contributed by atoms with van der Waals surface area (Å²) in [7, 11) is 3.53. The molecule has 1 aromatic heterocycles. The Labute approximate surface area is 89.3 Å². The van der Waals surface area contributed by atoms with Gasteiger partial charge in [-0.05, 0) is 24.1 Å². The number of hydrogen-bond donors (Lipinski definition) is 1. The fourth-order valence-corrected chi connectivity index (χ4v) is 1.84. The van der Waals surface area contributed by atoms with E-state index in [9.17, 15) is 4.79 Å². The van der Waals surface area contributed by atoms with Gasteiger partial charge < -0.3 is 10.2 Å². The van der Waals surface area contributed by atoms with Gasteiger partial charge in [-0.25, -0.2) is 0 Å². The van der Waals surface area contributed by atoms with Gasteiger partial charge in [-0.1, -0.05) is 0 Å². The van der Waals surface area contributed by atoms with Crippen molar-refractivity contribution in [3.05, 3.63) is 29.1 Å². The van der Waals surface area contributed by atoms with E-state index in [1.165, 1.54) is 0 Å². The second kappa shape index (κ2) is 3.98. The SMILES string of the molecule is CN(C)C(=O)c1cncc2c1CCNC2. The number of pyridine rings is 1. The molecule has 1 aromatic rings. The van der Waals surface area contributed by atoms with Gasteiger partial charge in [0.25, 0.3) is 5.91 Å². The summed E-state index contributed by atoms with van der Waals surface area (Å²) in [4.78, 5) is 17.6. The molecule has 0 saturated carbocycles. The van der Waals surface area contributed by atoms with Crippen molar-refractivity contribution in [3.8, 4) is 0 Å². The maximum absolute atomic E-state index is 11.9. The van der Waals surface area contributed by atoms with E-state index < -0.39 is 0 Å². The molecule has 15 heavy (non-hydrogen) atoms. The van der Waals surface area contributed by atoms with Gasteiger partial charge in [0.15, 0.2) is 0 Å². The molecule has 0 spiro atoms. The van der Waals surface area contributed by atoms with Gasteiger partial charge in [-0.2, -0.15) is 0 Å². The molecule has 0 radical (unpaired) electrons. The predicted octanol–water partition coefficient (Wildman–Crippen LogP) is 0.429. The zero-order chi connectivity index (χ0) is 10.8. The number of fused-ring (bicyclic) bond motifs is 1. The number of amides is 1. The monoisotopic (exact) mass is 205 g/mol. The molecule has 1 aliphatic heterocycles. The molecular formula is C11H15N3O. The van der Waals surface area contributed by atoms with Crippen LogP contribution in [0.4, 0.5) is 0 Å². The van der Waals surface area contributed by atoms with Gasteiger partial charge in [-0.3, -0.25) is 9.78 Å². The quantitative estimate of drug-likeness (QED) is 0.723. The van der Waals surface area contributed by atoms with Gasteiger partial charge in [0, 0.05) is 33.0 Å². The molecule has 2 heterocycles. The van der Waals surface area contributed by atoms with Crippen molar-refractivity contribution in [3.63, 3.8) is 0 Å². The molecule has 80 valence electrons. The minimum atomic E-state index is 0.0428. The highest BCUT2D eigenvalue weighted by Gasteiger charge is 2.18. The number of nitrogens with one attached hydrogen (secondary N) is 1. The van der Waals surface area contributed by atoms with Crippen molar-refractivity contribution in [2.75, 3.05) is 20.6 Å². The van der Waals surface area contributed by atoms with E-state index in [0.717, 1.165) is 36.2 Å². The standard InChI is InChI=1S/C11H15N3O/c1-14(2)11(15)10-7-13-6-8-5-12-4-3-9(8)10/h6-7,12H,3-5H2,1-2H3. The van der Waals surface area contributed by atoms with Crippen LogP contribution in [0.25, 0.3) is 0 Å². The molecule has 0 aliphatic carbocycles. The number of carbonyl (C=O) groups is 1. The van der Waals surface area contributed by atoms with Crippen molar-refractivity contribution in [2.24, 2.45) is 0 Å². The smallest absolute Gasteiger partial charge is 0.255 e. The molecule has 1 amide bonds. The third kappa shape index (κ3) is 1.85. The summed E-state index contributed by atoms with van der Waals surface area (Å²) in [5.41, 5.74) is 3.05. The van der Waals surface area contributed by atoms with Crippen molar-refractivity contribution < 1.29 is 4.79 Å². The minimum absolute atomic E-state index is 0.0428. The predicted molar refractivity (Wildman–Crippen MR) is 57.7 cm³/mol. The van der Waals surface area contributed by atoms with E-state index >= 15 is 0 Å². The summed E-state index contributed by atoms with van der Waals surface area (Å²) in [5.74, 6) is 0.0428. The molecule has 0 aromatic carbocycles. The molecule has 0 bridgehead atoms. The molecule has 0 fully saturated rings. The number of rotatable bonds is 1. The van der Waals surface area contributed by atoms with E-state index in [1.54, 1.807) is 25.2 Å². The van der Waals surface area contributed by atoms with Crippen molar-refractivity contribution in [1.29, 1.82) is 0 Å². The largest absolute Gasteiger partial charge is 0.345 e. The lowest BCUT2D eigenvalue weighted by Crippen LogP contribution is -2.29. The van der Waals surface area contributed by atoms with Gasteiger partial charge >= 0.3 is 0 Å².